The first-order chi connectivity index (χ1) is 18.2. The van der Waals surface area contributed by atoms with Crippen LogP contribution in [0.5, 0.6) is 0 Å². The zero-order valence-electron chi connectivity index (χ0n) is 22.0. The van der Waals surface area contributed by atoms with Gasteiger partial charge in [-0.1, -0.05) is 98.8 Å². The van der Waals surface area contributed by atoms with Crippen molar-refractivity contribution < 1.29 is 29.0 Å². The molecule has 4 atom stereocenters. The van der Waals surface area contributed by atoms with Crippen LogP contribution in [0.25, 0.3) is 0 Å². The van der Waals surface area contributed by atoms with Gasteiger partial charge in [-0.15, -0.1) is 0 Å². The minimum atomic E-state index is -1.71. The molecule has 0 spiro atoms. The fourth-order valence-corrected chi connectivity index (χ4v) is 5.16. The van der Waals surface area contributed by atoms with Gasteiger partial charge < -0.3 is 14.6 Å². The van der Waals surface area contributed by atoms with Crippen LogP contribution in [0, 0.1) is 11.8 Å². The van der Waals surface area contributed by atoms with Crippen molar-refractivity contribution in [2.75, 3.05) is 0 Å². The first-order valence-corrected chi connectivity index (χ1v) is 12.9. The van der Waals surface area contributed by atoms with Crippen LogP contribution in [0.1, 0.15) is 61.3 Å². The van der Waals surface area contributed by atoms with Crippen LogP contribution in [0.3, 0.4) is 0 Å². The first kappa shape index (κ1) is 27.3. The molecule has 0 unspecified atom stereocenters. The number of carbonyl (C=O) groups excluding carboxylic acids is 3. The van der Waals surface area contributed by atoms with Gasteiger partial charge in [0, 0.05) is 12.3 Å². The third-order valence-electron chi connectivity index (χ3n) is 7.21. The van der Waals surface area contributed by atoms with E-state index in [2.05, 4.69) is 13.8 Å². The standard InChI is InChI=1S/C32H34O6/c1-21(2)24-14-16-25(17-15-24)27-28(30(34)37-19-22-10-6-4-7-11-22)26(33)18-32(3,36)29(27)31(35)38-20-23-12-8-5-9-13-23/h4-17,21,27-29,36H,18-20H2,1-3H3/t27-,28-,29+,32-/m1/s1. The molecule has 0 aliphatic heterocycles. The summed E-state index contributed by atoms with van der Waals surface area (Å²) in [5.74, 6) is -4.91. The van der Waals surface area contributed by atoms with Crippen LogP contribution >= 0.6 is 0 Å². The number of Topliss-reactive ketones (excluding diaryl/α,β-unsaturated/α-hetero) is 1. The van der Waals surface area contributed by atoms with Gasteiger partial charge in [-0.05, 0) is 35.1 Å². The average molecular weight is 515 g/mol. The molecule has 0 bridgehead atoms. The van der Waals surface area contributed by atoms with Gasteiger partial charge in [0.15, 0.2) is 5.78 Å². The molecule has 0 aromatic heterocycles. The average Bonchev–Trinajstić information content (AvgIpc) is 2.90. The van der Waals surface area contributed by atoms with Crippen molar-refractivity contribution in [2.24, 2.45) is 11.8 Å². The Morgan fingerprint density at radius 3 is 1.84 bits per heavy atom. The van der Waals surface area contributed by atoms with E-state index >= 15 is 0 Å². The summed E-state index contributed by atoms with van der Waals surface area (Å²) < 4.78 is 11.2. The minimum Gasteiger partial charge on any atom is -0.461 e. The number of ketones is 1. The molecule has 38 heavy (non-hydrogen) atoms. The summed E-state index contributed by atoms with van der Waals surface area (Å²) in [5, 5.41) is 11.4. The minimum absolute atomic E-state index is 0.00196. The summed E-state index contributed by atoms with van der Waals surface area (Å²) in [4.78, 5) is 40.3. The zero-order valence-corrected chi connectivity index (χ0v) is 22.0. The molecule has 6 nitrogen and oxygen atoms in total. The topological polar surface area (TPSA) is 89.9 Å². The van der Waals surface area contributed by atoms with E-state index in [0.29, 0.717) is 5.56 Å². The molecule has 6 heteroatoms. The summed E-state index contributed by atoms with van der Waals surface area (Å²) in [5.41, 5.74) is 1.56. The number of esters is 2. The summed E-state index contributed by atoms with van der Waals surface area (Å²) in [6.45, 7) is 5.61. The molecule has 1 N–H and O–H groups in total. The number of rotatable bonds is 8. The lowest BCUT2D eigenvalue weighted by Gasteiger charge is -2.43. The third-order valence-corrected chi connectivity index (χ3v) is 7.21. The summed E-state index contributed by atoms with van der Waals surface area (Å²) in [6, 6.07) is 25.9. The molecule has 0 saturated heterocycles. The Balaban J connectivity index is 1.68. The predicted molar refractivity (Wildman–Crippen MR) is 143 cm³/mol. The van der Waals surface area contributed by atoms with Crippen LogP contribution in [0.15, 0.2) is 84.9 Å². The van der Waals surface area contributed by atoms with Gasteiger partial charge in [0.25, 0.3) is 0 Å². The quantitative estimate of drug-likeness (QED) is 0.323. The number of benzene rings is 3. The van der Waals surface area contributed by atoms with Crippen molar-refractivity contribution in [1.82, 2.24) is 0 Å². The number of aliphatic hydroxyl groups is 1. The van der Waals surface area contributed by atoms with Gasteiger partial charge in [-0.3, -0.25) is 14.4 Å². The Bertz CT molecular complexity index is 1250. The lowest BCUT2D eigenvalue weighted by Crippen LogP contribution is -2.55. The molecule has 1 aliphatic rings. The van der Waals surface area contributed by atoms with Gasteiger partial charge in [0.05, 0.1) is 11.5 Å². The maximum absolute atomic E-state index is 13.6. The molecule has 0 heterocycles. The van der Waals surface area contributed by atoms with E-state index in [-0.39, 0.29) is 25.6 Å². The third kappa shape index (κ3) is 6.20. The predicted octanol–water partition coefficient (Wildman–Crippen LogP) is 5.34. The maximum Gasteiger partial charge on any atom is 0.317 e. The fraction of sp³-hybridized carbons (Fsp3) is 0.344. The van der Waals surface area contributed by atoms with Gasteiger partial charge in [0.1, 0.15) is 19.1 Å². The molecule has 1 aliphatic carbocycles. The second kappa shape index (κ2) is 11.7. The van der Waals surface area contributed by atoms with Crippen molar-refractivity contribution >= 4 is 17.7 Å². The van der Waals surface area contributed by atoms with Gasteiger partial charge >= 0.3 is 11.9 Å². The lowest BCUT2D eigenvalue weighted by molar-refractivity contribution is -0.174. The first-order valence-electron chi connectivity index (χ1n) is 12.9. The highest BCUT2D eigenvalue weighted by atomic mass is 16.5. The van der Waals surface area contributed by atoms with E-state index in [9.17, 15) is 19.5 Å². The molecule has 1 fully saturated rings. The normalized spacial score (nSPS) is 23.2. The SMILES string of the molecule is CC(C)c1ccc([C@@H]2[C@H](C(=O)OCc3ccccc3)C(=O)C[C@@](C)(O)[C@@H]2C(=O)OCc2ccccc2)cc1. The van der Waals surface area contributed by atoms with E-state index in [1.165, 1.54) is 6.92 Å². The monoisotopic (exact) mass is 514 g/mol. The molecule has 0 amide bonds. The van der Waals surface area contributed by atoms with Crippen molar-refractivity contribution in [3.05, 3.63) is 107 Å². The van der Waals surface area contributed by atoms with E-state index < -0.39 is 41.1 Å². The molecule has 0 radical (unpaired) electrons. The largest absolute Gasteiger partial charge is 0.461 e. The van der Waals surface area contributed by atoms with Crippen molar-refractivity contribution in [3.8, 4) is 0 Å². The molecule has 3 aromatic rings. The van der Waals surface area contributed by atoms with Crippen LogP contribution in [-0.4, -0.2) is 28.4 Å². The Kier molecular flexibility index (Phi) is 8.42. The van der Waals surface area contributed by atoms with Crippen LogP contribution in [0.2, 0.25) is 0 Å². The van der Waals surface area contributed by atoms with Crippen molar-refractivity contribution in [2.45, 2.75) is 57.8 Å². The Hall–Kier alpha value is -3.77. The van der Waals surface area contributed by atoms with E-state index in [1.807, 2.05) is 84.9 Å². The van der Waals surface area contributed by atoms with E-state index in [0.717, 1.165) is 16.7 Å². The van der Waals surface area contributed by atoms with E-state index in [1.54, 1.807) is 0 Å². The second-order valence-corrected chi connectivity index (χ2v) is 10.5. The molecular weight excluding hydrogens is 480 g/mol. The number of hydrogen-bond donors (Lipinski definition) is 1. The summed E-state index contributed by atoms with van der Waals surface area (Å²) in [7, 11) is 0. The smallest absolute Gasteiger partial charge is 0.317 e. The highest BCUT2D eigenvalue weighted by Gasteiger charge is 2.57. The number of carbonyl (C=O) groups is 3. The van der Waals surface area contributed by atoms with Crippen molar-refractivity contribution in [3.63, 3.8) is 0 Å². The highest BCUT2D eigenvalue weighted by Crippen LogP contribution is 2.47. The summed E-state index contributed by atoms with van der Waals surface area (Å²) >= 11 is 0. The van der Waals surface area contributed by atoms with Gasteiger partial charge in [0.2, 0.25) is 0 Å². The summed E-state index contributed by atoms with van der Waals surface area (Å²) in [6.07, 6.45) is -0.357. The highest BCUT2D eigenvalue weighted by molar-refractivity contribution is 6.02. The van der Waals surface area contributed by atoms with Crippen LogP contribution in [0.4, 0.5) is 0 Å². The Morgan fingerprint density at radius 1 is 0.842 bits per heavy atom. The van der Waals surface area contributed by atoms with Crippen LogP contribution in [-0.2, 0) is 37.1 Å². The molecule has 198 valence electrons. The Morgan fingerprint density at radius 2 is 1.34 bits per heavy atom. The lowest BCUT2D eigenvalue weighted by atomic mass is 9.61. The maximum atomic E-state index is 13.6. The van der Waals surface area contributed by atoms with Gasteiger partial charge in [-0.25, -0.2) is 0 Å². The molecule has 3 aromatic carbocycles. The Labute approximate surface area is 223 Å². The molecular formula is C32H34O6. The number of hydrogen-bond acceptors (Lipinski definition) is 6. The zero-order chi connectivity index (χ0) is 27.3. The van der Waals surface area contributed by atoms with Crippen molar-refractivity contribution in [1.29, 1.82) is 0 Å². The molecule has 1 saturated carbocycles. The molecule has 4 rings (SSSR count). The number of ether oxygens (including phenoxy) is 2. The van der Waals surface area contributed by atoms with E-state index in [4.69, 9.17) is 9.47 Å². The van der Waals surface area contributed by atoms with Gasteiger partial charge in [-0.2, -0.15) is 0 Å². The second-order valence-electron chi connectivity index (χ2n) is 10.5. The fourth-order valence-electron chi connectivity index (χ4n) is 5.16. The van der Waals surface area contributed by atoms with Crippen LogP contribution < -0.4 is 0 Å².